The summed E-state index contributed by atoms with van der Waals surface area (Å²) in [5.74, 6) is -1.30. The summed E-state index contributed by atoms with van der Waals surface area (Å²) in [5.41, 5.74) is 0.853. The van der Waals surface area contributed by atoms with Crippen LogP contribution in [-0.2, 0) is 14.3 Å². The van der Waals surface area contributed by atoms with E-state index in [2.05, 4.69) is 0 Å². The fourth-order valence-corrected chi connectivity index (χ4v) is 2.97. The Morgan fingerprint density at radius 2 is 1.96 bits per heavy atom. The molecular formula is C18H22O4S. The molecule has 0 saturated heterocycles. The number of aliphatic hydroxyl groups is 1. The summed E-state index contributed by atoms with van der Waals surface area (Å²) in [5, 5.41) is 10.5. The van der Waals surface area contributed by atoms with Crippen molar-refractivity contribution in [2.75, 3.05) is 6.26 Å². The predicted octanol–water partition coefficient (Wildman–Crippen LogP) is 3.63. The number of esters is 1. The summed E-state index contributed by atoms with van der Waals surface area (Å²) < 4.78 is 5.17. The fraction of sp³-hybridized carbons (Fsp3) is 0.444. The van der Waals surface area contributed by atoms with Crippen LogP contribution in [0.1, 0.15) is 38.2 Å². The maximum absolute atomic E-state index is 12.4. The molecule has 0 saturated carbocycles. The summed E-state index contributed by atoms with van der Waals surface area (Å²) in [7, 11) is 0. The van der Waals surface area contributed by atoms with E-state index in [9.17, 15) is 14.7 Å². The van der Waals surface area contributed by atoms with Crippen LogP contribution >= 0.6 is 11.8 Å². The summed E-state index contributed by atoms with van der Waals surface area (Å²) in [6, 6.07) is 9.63. The number of carbonyl (C=O) groups excluding carboxylic acids is 2. The van der Waals surface area contributed by atoms with Crippen LogP contribution in [0.4, 0.5) is 0 Å². The van der Waals surface area contributed by atoms with Crippen molar-refractivity contribution < 1.29 is 19.4 Å². The molecule has 0 spiro atoms. The first kappa shape index (κ1) is 17.6. The van der Waals surface area contributed by atoms with Crippen LogP contribution in [0.25, 0.3) is 0 Å². The number of thioether (sulfide) groups is 1. The van der Waals surface area contributed by atoms with Gasteiger partial charge >= 0.3 is 5.97 Å². The minimum atomic E-state index is -0.703. The lowest BCUT2D eigenvalue weighted by Gasteiger charge is -2.13. The molecule has 1 N–H and O–H groups in total. The quantitative estimate of drug-likeness (QED) is 0.609. The Labute approximate surface area is 140 Å². The Morgan fingerprint density at radius 1 is 1.30 bits per heavy atom. The lowest BCUT2D eigenvalue weighted by molar-refractivity contribution is -0.141. The zero-order valence-electron chi connectivity index (χ0n) is 13.6. The van der Waals surface area contributed by atoms with Crippen molar-refractivity contribution in [3.8, 4) is 0 Å². The highest BCUT2D eigenvalue weighted by Gasteiger charge is 2.38. The van der Waals surface area contributed by atoms with E-state index in [1.165, 1.54) is 0 Å². The molecule has 0 amide bonds. The number of hydrogen-bond donors (Lipinski definition) is 1. The summed E-state index contributed by atoms with van der Waals surface area (Å²) in [6.07, 6.45) is 1.93. The molecule has 1 aromatic carbocycles. The molecule has 3 unspecified atom stereocenters. The third-order valence-corrected chi connectivity index (χ3v) is 5.10. The van der Waals surface area contributed by atoms with E-state index in [4.69, 9.17) is 4.74 Å². The van der Waals surface area contributed by atoms with Crippen LogP contribution in [0, 0.1) is 0 Å². The van der Waals surface area contributed by atoms with Gasteiger partial charge in [0.1, 0.15) is 5.57 Å². The molecule has 1 aliphatic heterocycles. The first-order valence-corrected chi connectivity index (χ1v) is 8.97. The van der Waals surface area contributed by atoms with Crippen LogP contribution in [0.15, 0.2) is 41.7 Å². The second-order valence-corrected chi connectivity index (χ2v) is 7.15. The van der Waals surface area contributed by atoms with E-state index in [1.54, 1.807) is 11.8 Å². The van der Waals surface area contributed by atoms with Gasteiger partial charge in [-0.15, -0.1) is 0 Å². The van der Waals surface area contributed by atoms with Gasteiger partial charge < -0.3 is 9.84 Å². The van der Waals surface area contributed by atoms with Gasteiger partial charge in [0.15, 0.2) is 17.6 Å². The summed E-state index contributed by atoms with van der Waals surface area (Å²) in [4.78, 5) is 24.4. The molecule has 3 atom stereocenters. The molecule has 2 rings (SSSR count). The molecule has 1 aromatic rings. The van der Waals surface area contributed by atoms with Crippen molar-refractivity contribution in [2.24, 2.45) is 0 Å². The number of aliphatic hydroxyl groups excluding tert-OH is 1. The molecule has 0 aliphatic carbocycles. The number of carbonyl (C=O) groups is 2. The van der Waals surface area contributed by atoms with Crippen molar-refractivity contribution in [3.05, 3.63) is 47.2 Å². The number of cyclic esters (lactones) is 1. The minimum absolute atomic E-state index is 0.0269. The molecule has 5 heteroatoms. The average molecular weight is 334 g/mol. The van der Waals surface area contributed by atoms with Crippen molar-refractivity contribution in [1.29, 1.82) is 0 Å². The summed E-state index contributed by atoms with van der Waals surface area (Å²) in [6.45, 7) is 3.92. The zero-order chi connectivity index (χ0) is 17.0. The number of ether oxygens (including phenoxy) is 1. The lowest BCUT2D eigenvalue weighted by Crippen LogP contribution is -2.16. The van der Waals surface area contributed by atoms with E-state index in [0.29, 0.717) is 6.42 Å². The highest BCUT2D eigenvalue weighted by molar-refractivity contribution is 7.99. The first-order valence-electron chi connectivity index (χ1n) is 7.69. The van der Waals surface area contributed by atoms with Gasteiger partial charge in [-0.3, -0.25) is 4.79 Å². The molecule has 0 fully saturated rings. The van der Waals surface area contributed by atoms with Gasteiger partial charge in [0.25, 0.3) is 0 Å². The van der Waals surface area contributed by atoms with Crippen molar-refractivity contribution in [3.63, 3.8) is 0 Å². The lowest BCUT2D eigenvalue weighted by atomic mass is 9.92. The van der Waals surface area contributed by atoms with E-state index in [1.807, 2.05) is 50.4 Å². The van der Waals surface area contributed by atoms with Crippen LogP contribution in [-0.4, -0.2) is 34.5 Å². The molecule has 0 aromatic heterocycles. The second kappa shape index (κ2) is 7.68. The van der Waals surface area contributed by atoms with Gasteiger partial charge in [-0.05, 0) is 17.7 Å². The topological polar surface area (TPSA) is 63.6 Å². The van der Waals surface area contributed by atoms with Gasteiger partial charge in [0.05, 0.1) is 0 Å². The van der Waals surface area contributed by atoms with Gasteiger partial charge in [-0.1, -0.05) is 44.2 Å². The van der Waals surface area contributed by atoms with E-state index >= 15 is 0 Å². The molecular weight excluding hydrogens is 312 g/mol. The standard InChI is InChI=1S/C18H22O4S/c1-11(13-7-5-4-6-8-13)9-14(19)16-17(20)15(22-18(16)21)10-12(2)23-3/h4-8,11-12,15,20H,9-10H2,1-3H3. The monoisotopic (exact) mass is 334 g/mol. The Hall–Kier alpha value is -1.75. The van der Waals surface area contributed by atoms with E-state index < -0.39 is 12.1 Å². The van der Waals surface area contributed by atoms with Crippen molar-refractivity contribution in [1.82, 2.24) is 0 Å². The molecule has 23 heavy (non-hydrogen) atoms. The number of Topliss-reactive ketones (excluding diaryl/α,β-unsaturated/α-hetero) is 1. The van der Waals surface area contributed by atoms with Gasteiger partial charge in [0, 0.05) is 18.1 Å². The molecule has 0 radical (unpaired) electrons. The van der Waals surface area contributed by atoms with Crippen molar-refractivity contribution in [2.45, 2.75) is 44.0 Å². The van der Waals surface area contributed by atoms with Crippen LogP contribution in [0.3, 0.4) is 0 Å². The van der Waals surface area contributed by atoms with Crippen LogP contribution < -0.4 is 0 Å². The van der Waals surface area contributed by atoms with Crippen molar-refractivity contribution >= 4 is 23.5 Å². The average Bonchev–Trinajstić information content (AvgIpc) is 2.81. The Morgan fingerprint density at radius 3 is 2.57 bits per heavy atom. The SMILES string of the molecule is CSC(C)CC1OC(=O)C(C(=O)CC(C)c2ccccc2)=C1O. The predicted molar refractivity (Wildman–Crippen MR) is 91.6 cm³/mol. The number of ketones is 1. The third kappa shape index (κ3) is 4.16. The van der Waals surface area contributed by atoms with E-state index in [-0.39, 0.29) is 34.7 Å². The highest BCUT2D eigenvalue weighted by atomic mass is 32.2. The van der Waals surface area contributed by atoms with E-state index in [0.717, 1.165) is 5.56 Å². The maximum atomic E-state index is 12.4. The smallest absolute Gasteiger partial charge is 0.346 e. The van der Waals surface area contributed by atoms with Crippen LogP contribution in [0.2, 0.25) is 0 Å². The number of benzene rings is 1. The van der Waals surface area contributed by atoms with Gasteiger partial charge in [-0.2, -0.15) is 11.8 Å². The van der Waals surface area contributed by atoms with Gasteiger partial charge in [0.2, 0.25) is 0 Å². The second-order valence-electron chi connectivity index (χ2n) is 5.88. The minimum Gasteiger partial charge on any atom is -0.507 e. The fourth-order valence-electron chi connectivity index (χ4n) is 2.60. The first-order chi connectivity index (χ1) is 10.9. The zero-order valence-corrected chi connectivity index (χ0v) is 14.4. The largest absolute Gasteiger partial charge is 0.507 e. The number of hydrogen-bond acceptors (Lipinski definition) is 5. The highest BCUT2D eigenvalue weighted by Crippen LogP contribution is 2.30. The summed E-state index contributed by atoms with van der Waals surface area (Å²) >= 11 is 1.62. The Balaban J connectivity index is 2.09. The number of rotatable bonds is 7. The Bertz CT molecular complexity index is 609. The Kier molecular flexibility index (Phi) is 5.88. The molecule has 4 nitrogen and oxygen atoms in total. The van der Waals surface area contributed by atoms with Crippen LogP contribution in [0.5, 0.6) is 0 Å². The van der Waals surface area contributed by atoms with Gasteiger partial charge in [-0.25, -0.2) is 4.79 Å². The maximum Gasteiger partial charge on any atom is 0.346 e. The molecule has 0 bridgehead atoms. The molecule has 1 aliphatic rings. The third-order valence-electron chi connectivity index (χ3n) is 4.10. The molecule has 124 valence electrons. The molecule has 1 heterocycles. The normalized spacial score (nSPS) is 20.3.